The second-order valence-electron chi connectivity index (χ2n) is 3.28. The van der Waals surface area contributed by atoms with Crippen LogP contribution in [0, 0.1) is 0 Å². The van der Waals surface area contributed by atoms with Crippen LogP contribution < -0.4 is 0 Å². The van der Waals surface area contributed by atoms with Crippen molar-refractivity contribution in [2.75, 3.05) is 6.61 Å². The fourth-order valence-corrected chi connectivity index (χ4v) is 1.71. The van der Waals surface area contributed by atoms with Gasteiger partial charge in [-0.25, -0.2) is 4.79 Å². The molecule has 5 nitrogen and oxygen atoms in total. The van der Waals surface area contributed by atoms with Crippen LogP contribution in [0.25, 0.3) is 0 Å². The van der Waals surface area contributed by atoms with Crippen molar-refractivity contribution < 1.29 is 23.7 Å². The minimum Gasteiger partial charge on any atom is -0.457 e. The van der Waals surface area contributed by atoms with Gasteiger partial charge < -0.3 is 18.9 Å². The van der Waals surface area contributed by atoms with Crippen molar-refractivity contribution in [3.63, 3.8) is 0 Å². The number of fused-ring (bicyclic) bond motifs is 1. The van der Waals surface area contributed by atoms with E-state index in [1.54, 1.807) is 0 Å². The molecule has 5 heteroatoms. The van der Waals surface area contributed by atoms with Gasteiger partial charge in [-0.05, 0) is 13.3 Å². The molecule has 0 unspecified atom stereocenters. The second-order valence-corrected chi connectivity index (χ2v) is 3.28. The van der Waals surface area contributed by atoms with Gasteiger partial charge >= 0.3 is 5.97 Å². The topological polar surface area (TPSA) is 54.0 Å². The van der Waals surface area contributed by atoms with Gasteiger partial charge in [0, 0.05) is 6.61 Å². The molecule has 0 bridgehead atoms. The van der Waals surface area contributed by atoms with E-state index in [-0.39, 0.29) is 18.2 Å². The van der Waals surface area contributed by atoms with Gasteiger partial charge in [0.05, 0.1) is 0 Å². The number of esters is 1. The molecule has 2 fully saturated rings. The minimum absolute atomic E-state index is 0.196. The third kappa shape index (κ3) is 1.51. The summed E-state index contributed by atoms with van der Waals surface area (Å²) in [5.74, 6) is -0.343. The van der Waals surface area contributed by atoms with Gasteiger partial charge in [0.2, 0.25) is 0 Å². The van der Waals surface area contributed by atoms with Crippen LogP contribution in [0.2, 0.25) is 0 Å². The SMILES string of the molecule is CCO[C@H]1O[C@@H]2[C@@H](CC)OC(=O)[C@@H]2O1. The maximum atomic E-state index is 11.3. The average Bonchev–Trinajstić information content (AvgIpc) is 2.68. The average molecular weight is 202 g/mol. The molecule has 0 aliphatic carbocycles. The van der Waals surface area contributed by atoms with Crippen LogP contribution in [0.15, 0.2) is 0 Å². The molecule has 0 aromatic carbocycles. The van der Waals surface area contributed by atoms with Crippen LogP contribution in [-0.2, 0) is 23.7 Å². The van der Waals surface area contributed by atoms with Crippen molar-refractivity contribution in [3.05, 3.63) is 0 Å². The van der Waals surface area contributed by atoms with Crippen molar-refractivity contribution >= 4 is 5.97 Å². The quantitative estimate of drug-likeness (QED) is 0.621. The van der Waals surface area contributed by atoms with Gasteiger partial charge in [-0.2, -0.15) is 0 Å². The Bertz CT molecular complexity index is 229. The van der Waals surface area contributed by atoms with Crippen LogP contribution in [0.1, 0.15) is 20.3 Å². The monoisotopic (exact) mass is 202 g/mol. The van der Waals surface area contributed by atoms with Gasteiger partial charge in [0.1, 0.15) is 12.2 Å². The standard InChI is InChI=1S/C9H14O5/c1-3-5-6-7(8(10)12-5)14-9(13-6)11-4-2/h5-7,9H,3-4H2,1-2H3/t5-,6-,7-,9+/m1/s1. The van der Waals surface area contributed by atoms with E-state index in [0.717, 1.165) is 6.42 Å². The second kappa shape index (κ2) is 3.84. The molecule has 0 aromatic rings. The van der Waals surface area contributed by atoms with Crippen molar-refractivity contribution in [1.29, 1.82) is 0 Å². The number of hydrogen-bond acceptors (Lipinski definition) is 5. The molecule has 4 atom stereocenters. The summed E-state index contributed by atoms with van der Waals surface area (Å²) < 4.78 is 20.8. The molecule has 0 radical (unpaired) electrons. The van der Waals surface area contributed by atoms with E-state index in [1.165, 1.54) is 0 Å². The first kappa shape index (κ1) is 9.89. The van der Waals surface area contributed by atoms with Gasteiger partial charge in [-0.3, -0.25) is 0 Å². The Labute approximate surface area is 82.3 Å². The predicted octanol–water partition coefficient (Wildman–Crippen LogP) is 0.426. The lowest BCUT2D eigenvalue weighted by atomic mass is 10.1. The zero-order valence-corrected chi connectivity index (χ0v) is 8.26. The molecular weight excluding hydrogens is 188 g/mol. The lowest BCUT2D eigenvalue weighted by Gasteiger charge is -2.15. The molecule has 2 aliphatic heterocycles. The summed E-state index contributed by atoms with van der Waals surface area (Å²) in [6.07, 6.45) is -0.367. The Hall–Kier alpha value is -0.650. The smallest absolute Gasteiger partial charge is 0.338 e. The molecular formula is C9H14O5. The molecule has 2 saturated heterocycles. The third-order valence-electron chi connectivity index (χ3n) is 2.40. The lowest BCUT2D eigenvalue weighted by molar-refractivity contribution is -0.252. The molecule has 0 aromatic heterocycles. The number of rotatable bonds is 3. The van der Waals surface area contributed by atoms with Crippen molar-refractivity contribution in [2.45, 2.75) is 45.1 Å². The highest BCUT2D eigenvalue weighted by Gasteiger charge is 2.52. The summed E-state index contributed by atoms with van der Waals surface area (Å²) in [6.45, 7) is 3.57. The van der Waals surface area contributed by atoms with Crippen LogP contribution in [0.5, 0.6) is 0 Å². The summed E-state index contributed by atoms with van der Waals surface area (Å²) in [5, 5.41) is 0. The van der Waals surface area contributed by atoms with Crippen molar-refractivity contribution in [2.24, 2.45) is 0 Å². The molecule has 2 rings (SSSR count). The fraction of sp³-hybridized carbons (Fsp3) is 0.889. The third-order valence-corrected chi connectivity index (χ3v) is 2.40. The van der Waals surface area contributed by atoms with Crippen molar-refractivity contribution in [1.82, 2.24) is 0 Å². The van der Waals surface area contributed by atoms with Gasteiger partial charge in [-0.15, -0.1) is 0 Å². The van der Waals surface area contributed by atoms with E-state index in [4.69, 9.17) is 18.9 Å². The molecule has 0 saturated carbocycles. The first-order valence-corrected chi connectivity index (χ1v) is 4.89. The molecule has 2 aliphatic rings. The highest BCUT2D eigenvalue weighted by atomic mass is 16.9. The Balaban J connectivity index is 2.00. The van der Waals surface area contributed by atoms with Crippen LogP contribution in [-0.4, -0.2) is 37.4 Å². The Morgan fingerprint density at radius 1 is 1.36 bits per heavy atom. The summed E-state index contributed by atoms with van der Waals surface area (Å²) >= 11 is 0. The summed E-state index contributed by atoms with van der Waals surface area (Å²) in [6, 6.07) is 0. The van der Waals surface area contributed by atoms with Crippen LogP contribution >= 0.6 is 0 Å². The first-order chi connectivity index (χ1) is 6.76. The molecule has 80 valence electrons. The minimum atomic E-state index is -0.711. The van der Waals surface area contributed by atoms with Crippen molar-refractivity contribution in [3.8, 4) is 0 Å². The molecule has 0 N–H and O–H groups in total. The van der Waals surface area contributed by atoms with Gasteiger partial charge in [0.25, 0.3) is 6.48 Å². The largest absolute Gasteiger partial charge is 0.457 e. The number of ether oxygens (including phenoxy) is 4. The highest BCUT2D eigenvalue weighted by molar-refractivity contribution is 5.78. The van der Waals surface area contributed by atoms with E-state index >= 15 is 0 Å². The van der Waals surface area contributed by atoms with E-state index < -0.39 is 12.6 Å². The van der Waals surface area contributed by atoms with Crippen LogP contribution in [0.4, 0.5) is 0 Å². The first-order valence-electron chi connectivity index (χ1n) is 4.89. The number of hydrogen-bond donors (Lipinski definition) is 0. The van der Waals surface area contributed by atoms with Gasteiger partial charge in [-0.1, -0.05) is 6.92 Å². The highest BCUT2D eigenvalue weighted by Crippen LogP contribution is 2.31. The molecule has 2 heterocycles. The van der Waals surface area contributed by atoms with Gasteiger partial charge in [0.15, 0.2) is 6.10 Å². The molecule has 0 spiro atoms. The Morgan fingerprint density at radius 3 is 2.79 bits per heavy atom. The van der Waals surface area contributed by atoms with E-state index in [1.807, 2.05) is 13.8 Å². The zero-order valence-electron chi connectivity index (χ0n) is 8.26. The maximum Gasteiger partial charge on any atom is 0.338 e. The maximum absolute atomic E-state index is 11.3. The zero-order chi connectivity index (χ0) is 10.1. The summed E-state index contributed by atoms with van der Waals surface area (Å²) in [4.78, 5) is 11.3. The number of cyclic esters (lactones) is 1. The Morgan fingerprint density at radius 2 is 2.14 bits per heavy atom. The predicted molar refractivity (Wildman–Crippen MR) is 45.3 cm³/mol. The van der Waals surface area contributed by atoms with E-state index in [0.29, 0.717) is 6.61 Å². The fourth-order valence-electron chi connectivity index (χ4n) is 1.71. The summed E-state index contributed by atoms with van der Waals surface area (Å²) in [7, 11) is 0. The number of carbonyl (C=O) groups excluding carboxylic acids is 1. The number of carbonyl (C=O) groups is 1. The van der Waals surface area contributed by atoms with E-state index in [9.17, 15) is 4.79 Å². The molecule has 0 amide bonds. The molecule has 14 heavy (non-hydrogen) atoms. The van der Waals surface area contributed by atoms with E-state index in [2.05, 4.69) is 0 Å². The Kier molecular flexibility index (Phi) is 2.71. The van der Waals surface area contributed by atoms with Crippen LogP contribution in [0.3, 0.4) is 0 Å². The lowest BCUT2D eigenvalue weighted by Crippen LogP contribution is -2.27. The normalized spacial score (nSPS) is 41.1. The summed E-state index contributed by atoms with van der Waals surface area (Å²) in [5.41, 5.74) is 0.